The van der Waals surface area contributed by atoms with E-state index >= 15 is 0 Å². The molecular formula is C7H10BrN3. The molecule has 0 aliphatic rings. The molecule has 1 aromatic rings. The predicted molar refractivity (Wildman–Crippen MR) is 49.5 cm³/mol. The fourth-order valence-electron chi connectivity index (χ4n) is 0.725. The predicted octanol–water partition coefficient (Wildman–Crippen LogP) is 1.21. The lowest BCUT2D eigenvalue weighted by Crippen LogP contribution is -2.13. The molecule has 0 saturated heterocycles. The van der Waals surface area contributed by atoms with Crippen molar-refractivity contribution in [3.05, 3.63) is 22.9 Å². The summed E-state index contributed by atoms with van der Waals surface area (Å²) < 4.78 is 0.972. The van der Waals surface area contributed by atoms with Gasteiger partial charge in [0, 0.05) is 23.8 Å². The summed E-state index contributed by atoms with van der Waals surface area (Å²) in [5.74, 6) is 0. The third kappa shape index (κ3) is 2.86. The van der Waals surface area contributed by atoms with Crippen LogP contribution in [0.5, 0.6) is 0 Å². The van der Waals surface area contributed by atoms with Gasteiger partial charge in [0.25, 0.3) is 0 Å². The maximum Gasteiger partial charge on any atom is 0.0538 e. The molecule has 60 valence electrons. The van der Waals surface area contributed by atoms with Crippen LogP contribution in [0.1, 0.15) is 0 Å². The lowest BCUT2D eigenvalue weighted by atomic mass is 10.4. The Balaban J connectivity index is 2.56. The number of hydrogen-bond donors (Lipinski definition) is 2. The molecule has 1 heterocycles. The fourth-order valence-corrected chi connectivity index (χ4v) is 1.09. The number of nitrogens with two attached hydrogens (primary N) is 1. The monoisotopic (exact) mass is 215 g/mol. The number of halogens is 1. The Labute approximate surface area is 74.1 Å². The molecule has 0 saturated carbocycles. The van der Waals surface area contributed by atoms with E-state index in [1.165, 1.54) is 0 Å². The maximum absolute atomic E-state index is 5.32. The second-order valence-electron chi connectivity index (χ2n) is 2.11. The van der Waals surface area contributed by atoms with E-state index in [9.17, 15) is 0 Å². The topological polar surface area (TPSA) is 50.9 Å². The second-order valence-corrected chi connectivity index (χ2v) is 3.02. The number of hydrogen-bond acceptors (Lipinski definition) is 3. The minimum absolute atomic E-state index is 0.631. The first-order chi connectivity index (χ1) is 5.33. The van der Waals surface area contributed by atoms with Crippen LogP contribution in [0.3, 0.4) is 0 Å². The van der Waals surface area contributed by atoms with Crippen LogP contribution in [-0.4, -0.2) is 18.1 Å². The van der Waals surface area contributed by atoms with Crippen molar-refractivity contribution in [1.29, 1.82) is 0 Å². The number of aromatic nitrogens is 1. The average molecular weight is 216 g/mol. The Kier molecular flexibility index (Phi) is 3.32. The zero-order valence-corrected chi connectivity index (χ0v) is 7.63. The first-order valence-electron chi connectivity index (χ1n) is 3.37. The van der Waals surface area contributed by atoms with Crippen molar-refractivity contribution in [2.75, 3.05) is 18.4 Å². The summed E-state index contributed by atoms with van der Waals surface area (Å²) in [4.78, 5) is 3.99. The van der Waals surface area contributed by atoms with Gasteiger partial charge in [0.05, 0.1) is 11.9 Å². The van der Waals surface area contributed by atoms with Crippen LogP contribution < -0.4 is 11.1 Å². The van der Waals surface area contributed by atoms with Crippen molar-refractivity contribution < 1.29 is 0 Å². The Morgan fingerprint density at radius 2 is 2.36 bits per heavy atom. The minimum Gasteiger partial charge on any atom is -0.383 e. The van der Waals surface area contributed by atoms with Crippen molar-refractivity contribution in [3.63, 3.8) is 0 Å². The highest BCUT2D eigenvalue weighted by Crippen LogP contribution is 2.12. The van der Waals surface area contributed by atoms with Crippen LogP contribution >= 0.6 is 15.9 Å². The van der Waals surface area contributed by atoms with E-state index in [0.717, 1.165) is 16.7 Å². The Bertz CT molecular complexity index is 227. The largest absolute Gasteiger partial charge is 0.383 e. The minimum atomic E-state index is 0.631. The molecule has 0 aromatic carbocycles. The Hall–Kier alpha value is -0.610. The lowest BCUT2D eigenvalue weighted by molar-refractivity contribution is 1.02. The van der Waals surface area contributed by atoms with Crippen molar-refractivity contribution in [3.8, 4) is 0 Å². The highest BCUT2D eigenvalue weighted by molar-refractivity contribution is 9.10. The van der Waals surface area contributed by atoms with Gasteiger partial charge in [0.2, 0.25) is 0 Å². The fraction of sp³-hybridized carbons (Fsp3) is 0.286. The standard InChI is InChI=1S/C7H10BrN3/c8-6-3-7(5-10-4-6)11-2-1-9/h3-5,11H,1-2,9H2. The molecule has 0 bridgehead atoms. The zero-order chi connectivity index (χ0) is 8.10. The van der Waals surface area contributed by atoms with Crippen LogP contribution in [0.2, 0.25) is 0 Å². The van der Waals surface area contributed by atoms with Gasteiger partial charge >= 0.3 is 0 Å². The first-order valence-corrected chi connectivity index (χ1v) is 4.16. The molecule has 0 radical (unpaired) electrons. The maximum atomic E-state index is 5.32. The lowest BCUT2D eigenvalue weighted by Gasteiger charge is -2.02. The highest BCUT2D eigenvalue weighted by atomic mass is 79.9. The van der Waals surface area contributed by atoms with E-state index in [1.54, 1.807) is 12.4 Å². The van der Waals surface area contributed by atoms with E-state index in [0.29, 0.717) is 6.54 Å². The highest BCUT2D eigenvalue weighted by Gasteiger charge is 1.90. The molecule has 0 amide bonds. The molecule has 4 heteroatoms. The summed E-state index contributed by atoms with van der Waals surface area (Å²) in [5, 5.41) is 3.12. The molecule has 3 N–H and O–H groups in total. The van der Waals surface area contributed by atoms with Gasteiger partial charge in [-0.1, -0.05) is 0 Å². The van der Waals surface area contributed by atoms with Gasteiger partial charge in [0.15, 0.2) is 0 Å². The van der Waals surface area contributed by atoms with Gasteiger partial charge in [-0.2, -0.15) is 0 Å². The van der Waals surface area contributed by atoms with E-state index in [1.807, 2.05) is 6.07 Å². The SMILES string of the molecule is NCCNc1cncc(Br)c1. The Morgan fingerprint density at radius 3 is 3.00 bits per heavy atom. The Morgan fingerprint density at radius 1 is 1.55 bits per heavy atom. The molecule has 0 atom stereocenters. The third-order valence-corrected chi connectivity index (χ3v) is 1.61. The van der Waals surface area contributed by atoms with E-state index in [4.69, 9.17) is 5.73 Å². The van der Waals surface area contributed by atoms with Crippen molar-refractivity contribution in [1.82, 2.24) is 4.98 Å². The number of anilines is 1. The summed E-state index contributed by atoms with van der Waals surface area (Å²) in [7, 11) is 0. The van der Waals surface area contributed by atoms with Crippen LogP contribution in [0, 0.1) is 0 Å². The summed E-state index contributed by atoms with van der Waals surface area (Å²) in [6.07, 6.45) is 3.51. The third-order valence-electron chi connectivity index (χ3n) is 1.18. The number of rotatable bonds is 3. The molecule has 3 nitrogen and oxygen atoms in total. The quantitative estimate of drug-likeness (QED) is 0.798. The molecule has 11 heavy (non-hydrogen) atoms. The average Bonchev–Trinajstić information content (AvgIpc) is 2.01. The molecule has 0 unspecified atom stereocenters. The number of nitrogens with one attached hydrogen (secondary N) is 1. The summed E-state index contributed by atoms with van der Waals surface area (Å²) in [5.41, 5.74) is 6.31. The normalized spacial score (nSPS) is 9.64. The molecule has 0 aliphatic carbocycles. The molecule has 0 spiro atoms. The van der Waals surface area contributed by atoms with Crippen LogP contribution in [0.25, 0.3) is 0 Å². The molecular weight excluding hydrogens is 206 g/mol. The number of pyridine rings is 1. The van der Waals surface area contributed by atoms with E-state index < -0.39 is 0 Å². The van der Waals surface area contributed by atoms with Gasteiger partial charge < -0.3 is 11.1 Å². The summed E-state index contributed by atoms with van der Waals surface area (Å²) >= 11 is 3.32. The summed E-state index contributed by atoms with van der Waals surface area (Å²) in [6, 6.07) is 1.96. The molecule has 0 aliphatic heterocycles. The number of nitrogens with zero attached hydrogens (tertiary/aromatic N) is 1. The van der Waals surface area contributed by atoms with Gasteiger partial charge in [0.1, 0.15) is 0 Å². The second kappa shape index (κ2) is 4.31. The molecule has 1 rings (SSSR count). The van der Waals surface area contributed by atoms with Gasteiger partial charge in [-0.15, -0.1) is 0 Å². The first kappa shape index (κ1) is 8.49. The van der Waals surface area contributed by atoms with Gasteiger partial charge in [-0.25, -0.2) is 0 Å². The van der Waals surface area contributed by atoms with Crippen molar-refractivity contribution >= 4 is 21.6 Å². The van der Waals surface area contributed by atoms with Crippen molar-refractivity contribution in [2.45, 2.75) is 0 Å². The van der Waals surface area contributed by atoms with E-state index in [-0.39, 0.29) is 0 Å². The van der Waals surface area contributed by atoms with Crippen LogP contribution in [0.4, 0.5) is 5.69 Å². The van der Waals surface area contributed by atoms with Crippen LogP contribution in [0.15, 0.2) is 22.9 Å². The van der Waals surface area contributed by atoms with Gasteiger partial charge in [-0.3, -0.25) is 4.98 Å². The molecule has 1 aromatic heterocycles. The van der Waals surface area contributed by atoms with E-state index in [2.05, 4.69) is 26.2 Å². The van der Waals surface area contributed by atoms with Crippen molar-refractivity contribution in [2.24, 2.45) is 5.73 Å². The zero-order valence-electron chi connectivity index (χ0n) is 6.05. The summed E-state index contributed by atoms with van der Waals surface area (Å²) in [6.45, 7) is 1.41. The van der Waals surface area contributed by atoms with Crippen LogP contribution in [-0.2, 0) is 0 Å². The smallest absolute Gasteiger partial charge is 0.0538 e. The van der Waals surface area contributed by atoms with Gasteiger partial charge in [-0.05, 0) is 22.0 Å². The molecule has 0 fully saturated rings.